The van der Waals surface area contributed by atoms with Crippen LogP contribution in [0.5, 0.6) is 0 Å². The van der Waals surface area contributed by atoms with Crippen molar-refractivity contribution >= 4 is 5.97 Å². The van der Waals surface area contributed by atoms with Crippen LogP contribution in [0.15, 0.2) is 42.6 Å². The monoisotopic (exact) mass is 225 g/mol. The molecule has 17 heavy (non-hydrogen) atoms. The van der Waals surface area contributed by atoms with E-state index in [0.29, 0.717) is 0 Å². The fourth-order valence-electron chi connectivity index (χ4n) is 2.50. The third-order valence-electron chi connectivity index (χ3n) is 3.18. The van der Waals surface area contributed by atoms with Gasteiger partial charge in [-0.05, 0) is 17.2 Å². The zero-order valence-corrected chi connectivity index (χ0v) is 9.13. The SMILES string of the molecule is O=C(O)C[C@H]1c2ccccc2-c2ncccc21. The molecule has 0 amide bonds. The van der Waals surface area contributed by atoms with Crippen LogP contribution in [0.1, 0.15) is 23.5 Å². The van der Waals surface area contributed by atoms with Gasteiger partial charge < -0.3 is 5.11 Å². The fraction of sp³-hybridized carbons (Fsp3) is 0.143. The molecule has 1 atom stereocenters. The van der Waals surface area contributed by atoms with Crippen molar-refractivity contribution in [1.82, 2.24) is 4.98 Å². The number of fused-ring (bicyclic) bond motifs is 3. The van der Waals surface area contributed by atoms with Crippen molar-refractivity contribution in [3.8, 4) is 11.3 Å². The first-order valence-corrected chi connectivity index (χ1v) is 5.53. The quantitative estimate of drug-likeness (QED) is 0.854. The van der Waals surface area contributed by atoms with E-state index in [0.717, 1.165) is 22.4 Å². The number of pyridine rings is 1. The number of nitrogens with zero attached hydrogens (tertiary/aromatic N) is 1. The molecule has 1 N–H and O–H groups in total. The summed E-state index contributed by atoms with van der Waals surface area (Å²) in [4.78, 5) is 15.3. The predicted octanol–water partition coefficient (Wildman–Crippen LogP) is 2.67. The van der Waals surface area contributed by atoms with Gasteiger partial charge in [0.2, 0.25) is 0 Å². The third kappa shape index (κ3) is 1.51. The van der Waals surface area contributed by atoms with E-state index in [1.165, 1.54) is 0 Å². The number of carbonyl (C=O) groups is 1. The Labute approximate surface area is 98.8 Å². The zero-order chi connectivity index (χ0) is 11.8. The van der Waals surface area contributed by atoms with Crippen LogP contribution in [0.25, 0.3) is 11.3 Å². The maximum absolute atomic E-state index is 11.0. The lowest BCUT2D eigenvalue weighted by Crippen LogP contribution is -2.04. The number of hydrogen-bond acceptors (Lipinski definition) is 2. The summed E-state index contributed by atoms with van der Waals surface area (Å²) < 4.78 is 0. The highest BCUT2D eigenvalue weighted by Gasteiger charge is 2.30. The lowest BCUT2D eigenvalue weighted by atomic mass is 9.94. The van der Waals surface area contributed by atoms with Crippen molar-refractivity contribution in [2.75, 3.05) is 0 Å². The number of carboxylic acid groups (broad SMARTS) is 1. The van der Waals surface area contributed by atoms with Crippen LogP contribution >= 0.6 is 0 Å². The molecule has 3 heteroatoms. The Bertz CT molecular complexity index is 547. The van der Waals surface area contributed by atoms with Crippen molar-refractivity contribution in [2.45, 2.75) is 12.3 Å². The Kier molecular flexibility index (Phi) is 2.18. The Morgan fingerprint density at radius 1 is 1.18 bits per heavy atom. The molecule has 0 saturated heterocycles. The molecule has 0 radical (unpaired) electrons. The van der Waals surface area contributed by atoms with E-state index in [-0.39, 0.29) is 12.3 Å². The molecule has 0 spiro atoms. The van der Waals surface area contributed by atoms with Gasteiger partial charge in [0.1, 0.15) is 0 Å². The van der Waals surface area contributed by atoms with Gasteiger partial charge in [-0.15, -0.1) is 0 Å². The minimum atomic E-state index is -0.776. The molecular weight excluding hydrogens is 214 g/mol. The van der Waals surface area contributed by atoms with Crippen LogP contribution in [0.4, 0.5) is 0 Å². The second-order valence-corrected chi connectivity index (χ2v) is 4.18. The van der Waals surface area contributed by atoms with E-state index in [1.54, 1.807) is 6.20 Å². The van der Waals surface area contributed by atoms with Crippen molar-refractivity contribution in [2.24, 2.45) is 0 Å². The van der Waals surface area contributed by atoms with Crippen LogP contribution in [-0.4, -0.2) is 16.1 Å². The largest absolute Gasteiger partial charge is 0.481 e. The number of carboxylic acids is 1. The summed E-state index contributed by atoms with van der Waals surface area (Å²) in [6, 6.07) is 11.7. The molecule has 0 unspecified atom stereocenters. The molecule has 3 nitrogen and oxygen atoms in total. The Morgan fingerprint density at radius 3 is 2.76 bits per heavy atom. The first-order valence-electron chi connectivity index (χ1n) is 5.53. The summed E-state index contributed by atoms with van der Waals surface area (Å²) in [6.07, 6.45) is 1.87. The topological polar surface area (TPSA) is 50.2 Å². The molecule has 0 fully saturated rings. The van der Waals surface area contributed by atoms with Crippen LogP contribution in [-0.2, 0) is 4.79 Å². The van der Waals surface area contributed by atoms with E-state index in [1.807, 2.05) is 36.4 Å². The summed E-state index contributed by atoms with van der Waals surface area (Å²) in [7, 11) is 0. The second kappa shape index (κ2) is 3.70. The molecule has 1 heterocycles. The average molecular weight is 225 g/mol. The Balaban J connectivity index is 2.20. The minimum absolute atomic E-state index is 0.0626. The maximum Gasteiger partial charge on any atom is 0.304 e. The molecule has 1 aliphatic carbocycles. The summed E-state index contributed by atoms with van der Waals surface area (Å²) in [5, 5.41) is 9.00. The molecule has 1 aromatic heterocycles. The standard InChI is InChI=1S/C14H11NO2/c16-13(17)8-12-9-4-1-2-5-10(9)14-11(12)6-3-7-15-14/h1-7,12H,8H2,(H,16,17)/t12-/m0/s1. The highest BCUT2D eigenvalue weighted by molar-refractivity contribution is 5.79. The highest BCUT2D eigenvalue weighted by Crippen LogP contribution is 2.44. The van der Waals surface area contributed by atoms with E-state index in [9.17, 15) is 4.79 Å². The smallest absolute Gasteiger partial charge is 0.304 e. The number of hydrogen-bond donors (Lipinski definition) is 1. The van der Waals surface area contributed by atoms with E-state index < -0.39 is 5.97 Å². The first-order chi connectivity index (χ1) is 8.27. The average Bonchev–Trinajstić information content (AvgIpc) is 2.65. The molecule has 0 bridgehead atoms. The summed E-state index contributed by atoms with van der Waals surface area (Å²) in [6.45, 7) is 0. The maximum atomic E-state index is 11.0. The first kappa shape index (κ1) is 10.0. The zero-order valence-electron chi connectivity index (χ0n) is 9.13. The van der Waals surface area contributed by atoms with Gasteiger partial charge in [-0.2, -0.15) is 0 Å². The van der Waals surface area contributed by atoms with Crippen LogP contribution in [0.2, 0.25) is 0 Å². The molecule has 2 aromatic rings. The minimum Gasteiger partial charge on any atom is -0.481 e. The number of benzene rings is 1. The van der Waals surface area contributed by atoms with Gasteiger partial charge in [0.25, 0.3) is 0 Å². The molecule has 1 aromatic carbocycles. The Morgan fingerprint density at radius 2 is 1.94 bits per heavy atom. The second-order valence-electron chi connectivity index (χ2n) is 4.18. The van der Waals surface area contributed by atoms with Gasteiger partial charge in [0.15, 0.2) is 0 Å². The van der Waals surface area contributed by atoms with Crippen LogP contribution in [0, 0.1) is 0 Å². The van der Waals surface area contributed by atoms with Crippen molar-refractivity contribution in [3.63, 3.8) is 0 Å². The van der Waals surface area contributed by atoms with Gasteiger partial charge in [0.05, 0.1) is 12.1 Å². The summed E-state index contributed by atoms with van der Waals surface area (Å²) >= 11 is 0. The normalized spacial score (nSPS) is 16.4. The van der Waals surface area contributed by atoms with Gasteiger partial charge in [0, 0.05) is 17.7 Å². The molecule has 1 aliphatic rings. The third-order valence-corrected chi connectivity index (χ3v) is 3.18. The van der Waals surface area contributed by atoms with Crippen molar-refractivity contribution in [1.29, 1.82) is 0 Å². The van der Waals surface area contributed by atoms with Gasteiger partial charge >= 0.3 is 5.97 Å². The van der Waals surface area contributed by atoms with Gasteiger partial charge in [-0.25, -0.2) is 0 Å². The van der Waals surface area contributed by atoms with Crippen molar-refractivity contribution in [3.05, 3.63) is 53.7 Å². The predicted molar refractivity (Wildman–Crippen MR) is 63.8 cm³/mol. The summed E-state index contributed by atoms with van der Waals surface area (Å²) in [5.41, 5.74) is 4.09. The molecular formula is C14H11NO2. The fourth-order valence-corrected chi connectivity index (χ4v) is 2.50. The highest BCUT2D eigenvalue weighted by atomic mass is 16.4. The molecule has 0 saturated carbocycles. The van der Waals surface area contributed by atoms with Crippen molar-refractivity contribution < 1.29 is 9.90 Å². The molecule has 3 rings (SSSR count). The van der Waals surface area contributed by atoms with Gasteiger partial charge in [-0.3, -0.25) is 9.78 Å². The number of aliphatic carboxylic acids is 1. The number of rotatable bonds is 2. The van der Waals surface area contributed by atoms with E-state index in [2.05, 4.69) is 4.98 Å². The van der Waals surface area contributed by atoms with E-state index >= 15 is 0 Å². The lowest BCUT2D eigenvalue weighted by Gasteiger charge is -2.09. The van der Waals surface area contributed by atoms with Crippen LogP contribution < -0.4 is 0 Å². The summed E-state index contributed by atoms with van der Waals surface area (Å²) in [5.74, 6) is -0.839. The van der Waals surface area contributed by atoms with E-state index in [4.69, 9.17) is 5.11 Å². The van der Waals surface area contributed by atoms with Gasteiger partial charge in [-0.1, -0.05) is 30.3 Å². The van der Waals surface area contributed by atoms with Crippen LogP contribution in [0.3, 0.4) is 0 Å². The molecule has 84 valence electrons. The Hall–Kier alpha value is -2.16. The lowest BCUT2D eigenvalue weighted by molar-refractivity contribution is -0.137. The molecule has 0 aliphatic heterocycles. The number of aromatic nitrogens is 1.